The SMILES string of the molecule is CN(C)C(=O)c1ccc(-c2cc(C(=O)OC3CCCN(C(N)=O)C3)c(NC(N)=O)s2)cc1. The van der Waals surface area contributed by atoms with E-state index in [1.807, 2.05) is 0 Å². The number of benzene rings is 1. The molecule has 1 saturated heterocycles. The maximum absolute atomic E-state index is 12.9. The number of nitrogens with one attached hydrogen (secondary N) is 1. The number of rotatable bonds is 5. The Bertz CT molecular complexity index is 1030. The van der Waals surface area contributed by atoms with Gasteiger partial charge in [-0.3, -0.25) is 10.1 Å². The van der Waals surface area contributed by atoms with Crippen molar-refractivity contribution in [1.82, 2.24) is 9.80 Å². The molecule has 1 atom stereocenters. The zero-order valence-electron chi connectivity index (χ0n) is 17.8. The first-order valence-corrected chi connectivity index (χ1v) is 10.7. The number of likely N-dealkylation sites (tertiary alicyclic amines) is 1. The van der Waals surface area contributed by atoms with E-state index in [4.69, 9.17) is 16.2 Å². The van der Waals surface area contributed by atoms with E-state index in [9.17, 15) is 19.2 Å². The smallest absolute Gasteiger partial charge is 0.341 e. The first-order chi connectivity index (χ1) is 15.2. The fourth-order valence-electron chi connectivity index (χ4n) is 3.37. The highest BCUT2D eigenvalue weighted by atomic mass is 32.1. The van der Waals surface area contributed by atoms with Crippen LogP contribution in [-0.2, 0) is 4.74 Å². The summed E-state index contributed by atoms with van der Waals surface area (Å²) in [5.74, 6) is -0.757. The first-order valence-electron chi connectivity index (χ1n) is 9.93. The van der Waals surface area contributed by atoms with E-state index in [-0.39, 0.29) is 23.0 Å². The number of urea groups is 2. The zero-order chi connectivity index (χ0) is 23.4. The van der Waals surface area contributed by atoms with Gasteiger partial charge >= 0.3 is 18.0 Å². The number of carbonyl (C=O) groups is 4. The van der Waals surface area contributed by atoms with Gasteiger partial charge in [0.1, 0.15) is 11.1 Å². The van der Waals surface area contributed by atoms with Crippen molar-refractivity contribution in [3.63, 3.8) is 0 Å². The van der Waals surface area contributed by atoms with Crippen molar-refractivity contribution in [2.45, 2.75) is 18.9 Å². The van der Waals surface area contributed by atoms with E-state index in [1.54, 1.807) is 44.4 Å². The lowest BCUT2D eigenvalue weighted by Crippen LogP contribution is -2.46. The van der Waals surface area contributed by atoms with Crippen molar-refractivity contribution in [3.05, 3.63) is 41.5 Å². The summed E-state index contributed by atoms with van der Waals surface area (Å²) in [6, 6.07) is 7.15. The van der Waals surface area contributed by atoms with Crippen LogP contribution in [0, 0.1) is 0 Å². The molecule has 1 fully saturated rings. The number of nitrogens with two attached hydrogens (primary N) is 2. The molecule has 1 aliphatic heterocycles. The summed E-state index contributed by atoms with van der Waals surface area (Å²) in [5.41, 5.74) is 12.0. The Morgan fingerprint density at radius 3 is 2.44 bits per heavy atom. The van der Waals surface area contributed by atoms with Crippen LogP contribution in [0.3, 0.4) is 0 Å². The quantitative estimate of drug-likeness (QED) is 0.587. The molecule has 1 aromatic carbocycles. The maximum Gasteiger partial charge on any atom is 0.341 e. The molecule has 10 nitrogen and oxygen atoms in total. The van der Waals surface area contributed by atoms with Crippen LogP contribution in [0.15, 0.2) is 30.3 Å². The minimum absolute atomic E-state index is 0.124. The number of amides is 5. The molecule has 5 N–H and O–H groups in total. The molecule has 11 heteroatoms. The summed E-state index contributed by atoms with van der Waals surface area (Å²) < 4.78 is 5.58. The van der Waals surface area contributed by atoms with Gasteiger partial charge in [0.15, 0.2) is 0 Å². The molecule has 0 spiro atoms. The molecule has 0 bridgehead atoms. The summed E-state index contributed by atoms with van der Waals surface area (Å²) in [7, 11) is 3.34. The fourth-order valence-corrected chi connectivity index (χ4v) is 4.43. The van der Waals surface area contributed by atoms with Gasteiger partial charge in [-0.25, -0.2) is 14.4 Å². The molecule has 0 radical (unpaired) electrons. The maximum atomic E-state index is 12.9. The summed E-state index contributed by atoms with van der Waals surface area (Å²) >= 11 is 1.16. The lowest BCUT2D eigenvalue weighted by molar-refractivity contribution is 0.0129. The van der Waals surface area contributed by atoms with E-state index in [0.29, 0.717) is 29.8 Å². The number of hydrogen-bond donors (Lipinski definition) is 3. The highest BCUT2D eigenvalue weighted by molar-refractivity contribution is 7.20. The zero-order valence-corrected chi connectivity index (χ0v) is 18.6. The Hall–Kier alpha value is -3.60. The van der Waals surface area contributed by atoms with Crippen molar-refractivity contribution >= 4 is 40.3 Å². The molecule has 2 aromatic rings. The average molecular weight is 460 g/mol. The third kappa shape index (κ3) is 5.35. The van der Waals surface area contributed by atoms with Gasteiger partial charge in [0, 0.05) is 31.1 Å². The van der Waals surface area contributed by atoms with Crippen molar-refractivity contribution in [3.8, 4) is 10.4 Å². The molecule has 1 aromatic heterocycles. The minimum atomic E-state index is -0.808. The molecule has 32 heavy (non-hydrogen) atoms. The summed E-state index contributed by atoms with van der Waals surface area (Å²) in [6.45, 7) is 0.741. The van der Waals surface area contributed by atoms with Crippen LogP contribution in [-0.4, -0.2) is 67.0 Å². The van der Waals surface area contributed by atoms with Crippen LogP contribution in [0.5, 0.6) is 0 Å². The van der Waals surface area contributed by atoms with E-state index < -0.39 is 24.1 Å². The Kier molecular flexibility index (Phi) is 6.98. The Balaban J connectivity index is 1.83. The number of nitrogens with zero attached hydrogens (tertiary/aromatic N) is 2. The molecule has 2 heterocycles. The van der Waals surface area contributed by atoms with E-state index in [1.165, 1.54) is 9.80 Å². The van der Waals surface area contributed by atoms with Gasteiger partial charge in [0.05, 0.1) is 12.1 Å². The topological polar surface area (TPSA) is 148 Å². The highest BCUT2D eigenvalue weighted by Gasteiger charge is 2.27. The minimum Gasteiger partial charge on any atom is -0.457 e. The molecule has 1 unspecified atom stereocenters. The van der Waals surface area contributed by atoms with Crippen LogP contribution in [0.25, 0.3) is 10.4 Å². The molecule has 0 saturated carbocycles. The standard InChI is InChI=1S/C21H25N5O5S/c1-25(2)18(27)13-7-5-12(6-8-13)16-10-15(17(32-16)24-20(22)29)19(28)31-14-4-3-9-26(11-14)21(23)30/h5-8,10,14H,3-4,9,11H2,1-2H3,(H2,23,30)(H3,22,24,29). The van der Waals surface area contributed by atoms with Crippen LogP contribution in [0.4, 0.5) is 14.6 Å². The van der Waals surface area contributed by atoms with Crippen LogP contribution in [0.2, 0.25) is 0 Å². The highest BCUT2D eigenvalue weighted by Crippen LogP contribution is 2.36. The van der Waals surface area contributed by atoms with Crippen LogP contribution < -0.4 is 16.8 Å². The Labute approximate surface area is 189 Å². The molecular weight excluding hydrogens is 434 g/mol. The largest absolute Gasteiger partial charge is 0.457 e. The number of carbonyl (C=O) groups excluding carboxylic acids is 4. The van der Waals surface area contributed by atoms with Gasteiger partial charge in [-0.05, 0) is 36.6 Å². The molecule has 0 aliphatic carbocycles. The van der Waals surface area contributed by atoms with Crippen LogP contribution >= 0.6 is 11.3 Å². The van der Waals surface area contributed by atoms with Crippen molar-refractivity contribution in [1.29, 1.82) is 0 Å². The van der Waals surface area contributed by atoms with Crippen molar-refractivity contribution in [2.24, 2.45) is 11.5 Å². The average Bonchev–Trinajstić information content (AvgIpc) is 3.16. The van der Waals surface area contributed by atoms with Gasteiger partial charge in [0.2, 0.25) is 0 Å². The fraction of sp³-hybridized carbons (Fsp3) is 0.333. The predicted octanol–water partition coefficient (Wildman–Crippen LogP) is 2.31. The number of anilines is 1. The van der Waals surface area contributed by atoms with Crippen molar-refractivity contribution < 1.29 is 23.9 Å². The second-order valence-corrected chi connectivity index (χ2v) is 8.63. The van der Waals surface area contributed by atoms with Crippen molar-refractivity contribution in [2.75, 3.05) is 32.5 Å². The monoisotopic (exact) mass is 459 g/mol. The Morgan fingerprint density at radius 1 is 1.16 bits per heavy atom. The second-order valence-electron chi connectivity index (χ2n) is 7.57. The third-order valence-electron chi connectivity index (χ3n) is 4.97. The number of esters is 1. The summed E-state index contributed by atoms with van der Waals surface area (Å²) in [4.78, 5) is 51.4. The summed E-state index contributed by atoms with van der Waals surface area (Å²) in [6.07, 6.45) is 0.775. The normalized spacial score (nSPS) is 15.7. The van der Waals surface area contributed by atoms with Gasteiger partial charge in [-0.15, -0.1) is 11.3 Å². The number of ether oxygens (including phenoxy) is 1. The lowest BCUT2D eigenvalue weighted by Gasteiger charge is -2.31. The number of piperidine rings is 1. The van der Waals surface area contributed by atoms with Crippen LogP contribution in [0.1, 0.15) is 33.6 Å². The number of hydrogen-bond acceptors (Lipinski definition) is 6. The van der Waals surface area contributed by atoms with E-state index >= 15 is 0 Å². The second kappa shape index (κ2) is 9.69. The number of primary amides is 2. The van der Waals surface area contributed by atoms with E-state index in [0.717, 1.165) is 16.9 Å². The number of thiophene rings is 1. The molecule has 1 aliphatic rings. The third-order valence-corrected chi connectivity index (χ3v) is 6.07. The molecular formula is C21H25N5O5S. The first kappa shape index (κ1) is 23.1. The molecule has 5 amide bonds. The summed E-state index contributed by atoms with van der Waals surface area (Å²) in [5, 5.41) is 2.72. The van der Waals surface area contributed by atoms with Gasteiger partial charge in [-0.1, -0.05) is 12.1 Å². The van der Waals surface area contributed by atoms with Gasteiger partial charge in [-0.2, -0.15) is 0 Å². The molecule has 170 valence electrons. The van der Waals surface area contributed by atoms with Gasteiger partial charge < -0.3 is 26.0 Å². The lowest BCUT2D eigenvalue weighted by atomic mass is 10.1. The van der Waals surface area contributed by atoms with E-state index in [2.05, 4.69) is 5.32 Å². The Morgan fingerprint density at radius 2 is 1.84 bits per heavy atom. The van der Waals surface area contributed by atoms with Gasteiger partial charge in [0.25, 0.3) is 5.91 Å². The molecule has 3 rings (SSSR count). The predicted molar refractivity (Wildman–Crippen MR) is 121 cm³/mol.